The number of amides is 1. The maximum absolute atomic E-state index is 13.9. The molecule has 5 nitrogen and oxygen atoms in total. The van der Waals surface area contributed by atoms with Gasteiger partial charge in [-0.1, -0.05) is 6.07 Å². The highest BCUT2D eigenvalue weighted by molar-refractivity contribution is 5.92. The highest BCUT2D eigenvalue weighted by Crippen LogP contribution is 2.20. The third-order valence-electron chi connectivity index (χ3n) is 3.59. The molecule has 1 saturated heterocycles. The van der Waals surface area contributed by atoms with Crippen LogP contribution in [-0.4, -0.2) is 35.0 Å². The zero-order chi connectivity index (χ0) is 14.7. The smallest absolute Gasteiger partial charge is 0.307 e. The van der Waals surface area contributed by atoms with Crippen LogP contribution < -0.4 is 5.73 Å². The Balaban J connectivity index is 2.06. The van der Waals surface area contributed by atoms with E-state index in [-0.39, 0.29) is 5.56 Å². The van der Waals surface area contributed by atoms with Crippen LogP contribution in [-0.2, 0) is 11.3 Å². The lowest BCUT2D eigenvalue weighted by Crippen LogP contribution is -2.38. The number of nitrogens with zero attached hydrogens (tertiary/aromatic N) is 1. The first-order valence-corrected chi connectivity index (χ1v) is 6.50. The summed E-state index contributed by atoms with van der Waals surface area (Å²) >= 11 is 0. The molecular weight excluding hydrogens is 263 g/mol. The fraction of sp³-hybridized carbons (Fsp3) is 0.429. The third-order valence-corrected chi connectivity index (χ3v) is 3.59. The molecule has 1 heterocycles. The van der Waals surface area contributed by atoms with Gasteiger partial charge in [0.2, 0.25) is 5.91 Å². The highest BCUT2D eigenvalue weighted by atomic mass is 19.1. The first kappa shape index (κ1) is 14.5. The molecule has 1 fully saturated rings. The number of likely N-dealkylation sites (tertiary alicyclic amines) is 1. The molecule has 0 radical (unpaired) electrons. The van der Waals surface area contributed by atoms with Gasteiger partial charge in [0.15, 0.2) is 0 Å². The largest absolute Gasteiger partial charge is 0.481 e. The number of hydrogen-bond donors (Lipinski definition) is 2. The zero-order valence-electron chi connectivity index (χ0n) is 11.0. The number of benzene rings is 1. The Kier molecular flexibility index (Phi) is 4.34. The number of carboxylic acids is 1. The van der Waals surface area contributed by atoms with E-state index < -0.39 is 23.6 Å². The molecule has 108 valence electrons. The van der Waals surface area contributed by atoms with Crippen molar-refractivity contribution in [3.8, 4) is 0 Å². The molecular formula is C14H17FN2O3. The number of nitrogens with two attached hydrogens (primary N) is 1. The van der Waals surface area contributed by atoms with E-state index in [4.69, 9.17) is 10.8 Å². The fourth-order valence-electron chi connectivity index (χ4n) is 2.47. The molecule has 3 N–H and O–H groups in total. The Morgan fingerprint density at radius 1 is 1.45 bits per heavy atom. The second kappa shape index (κ2) is 6.00. The summed E-state index contributed by atoms with van der Waals surface area (Å²) in [5, 5.41) is 9.02. The van der Waals surface area contributed by atoms with Crippen molar-refractivity contribution < 1.29 is 19.1 Å². The molecule has 0 aliphatic carbocycles. The third kappa shape index (κ3) is 3.33. The molecule has 0 bridgehead atoms. The van der Waals surface area contributed by atoms with Crippen molar-refractivity contribution >= 4 is 11.9 Å². The van der Waals surface area contributed by atoms with Crippen LogP contribution in [0.1, 0.15) is 28.8 Å². The van der Waals surface area contributed by atoms with Crippen LogP contribution in [0.2, 0.25) is 0 Å². The summed E-state index contributed by atoms with van der Waals surface area (Å²) in [6, 6.07) is 4.13. The fourth-order valence-corrected chi connectivity index (χ4v) is 2.47. The van der Waals surface area contributed by atoms with Crippen LogP contribution in [0.5, 0.6) is 0 Å². The average Bonchev–Trinajstić information content (AvgIpc) is 2.41. The van der Waals surface area contributed by atoms with Gasteiger partial charge in [0.25, 0.3) is 0 Å². The van der Waals surface area contributed by atoms with Crippen molar-refractivity contribution in [3.05, 3.63) is 35.1 Å². The lowest BCUT2D eigenvalue weighted by molar-refractivity contribution is -0.143. The molecule has 20 heavy (non-hydrogen) atoms. The number of hydrogen-bond acceptors (Lipinski definition) is 3. The summed E-state index contributed by atoms with van der Waals surface area (Å²) in [5.41, 5.74) is 5.67. The Morgan fingerprint density at radius 2 is 2.20 bits per heavy atom. The first-order valence-electron chi connectivity index (χ1n) is 6.50. The van der Waals surface area contributed by atoms with Gasteiger partial charge in [-0.25, -0.2) is 4.39 Å². The summed E-state index contributed by atoms with van der Waals surface area (Å²) in [6.07, 6.45) is 1.45. The Bertz CT molecular complexity index is 533. The van der Waals surface area contributed by atoms with Crippen molar-refractivity contribution in [3.63, 3.8) is 0 Å². The van der Waals surface area contributed by atoms with Gasteiger partial charge in [-0.2, -0.15) is 0 Å². The molecule has 1 aromatic carbocycles. The van der Waals surface area contributed by atoms with E-state index in [0.29, 0.717) is 25.1 Å². The van der Waals surface area contributed by atoms with Gasteiger partial charge in [0, 0.05) is 24.2 Å². The van der Waals surface area contributed by atoms with Gasteiger partial charge >= 0.3 is 5.97 Å². The summed E-state index contributed by atoms with van der Waals surface area (Å²) in [7, 11) is 0. The van der Waals surface area contributed by atoms with Crippen molar-refractivity contribution in [2.75, 3.05) is 13.1 Å². The molecule has 1 aliphatic rings. The molecule has 0 saturated carbocycles. The number of rotatable bonds is 4. The molecule has 0 aromatic heterocycles. The predicted molar refractivity (Wildman–Crippen MR) is 70.6 cm³/mol. The maximum Gasteiger partial charge on any atom is 0.307 e. The Hall–Kier alpha value is -1.95. The average molecular weight is 280 g/mol. The lowest BCUT2D eigenvalue weighted by Gasteiger charge is -2.30. The minimum Gasteiger partial charge on any atom is -0.481 e. The van der Waals surface area contributed by atoms with Crippen molar-refractivity contribution in [1.29, 1.82) is 0 Å². The molecule has 1 amide bonds. The van der Waals surface area contributed by atoms with Gasteiger partial charge in [0.1, 0.15) is 5.82 Å². The van der Waals surface area contributed by atoms with Gasteiger partial charge in [0.05, 0.1) is 5.92 Å². The van der Waals surface area contributed by atoms with E-state index in [1.807, 2.05) is 4.90 Å². The van der Waals surface area contributed by atoms with Crippen LogP contribution in [0.4, 0.5) is 4.39 Å². The SMILES string of the molecule is NC(=O)c1ccc(CN2CCCC(C(=O)O)C2)c(F)c1. The second-order valence-electron chi connectivity index (χ2n) is 5.08. The van der Waals surface area contributed by atoms with Crippen LogP contribution in [0.15, 0.2) is 18.2 Å². The van der Waals surface area contributed by atoms with Crippen LogP contribution in [0.25, 0.3) is 0 Å². The number of carbonyl (C=O) groups is 2. The Labute approximate surface area is 116 Å². The van der Waals surface area contributed by atoms with Crippen molar-refractivity contribution in [1.82, 2.24) is 4.90 Å². The van der Waals surface area contributed by atoms with Gasteiger partial charge in [-0.15, -0.1) is 0 Å². The van der Waals surface area contributed by atoms with E-state index in [9.17, 15) is 14.0 Å². The predicted octanol–water partition coefficient (Wildman–Crippen LogP) is 1.22. The molecule has 1 aromatic rings. The highest BCUT2D eigenvalue weighted by Gasteiger charge is 2.25. The van der Waals surface area contributed by atoms with Gasteiger partial charge in [-0.3, -0.25) is 14.5 Å². The number of piperidine rings is 1. The molecule has 1 atom stereocenters. The topological polar surface area (TPSA) is 83.6 Å². The van der Waals surface area contributed by atoms with E-state index in [1.165, 1.54) is 12.1 Å². The molecule has 2 rings (SSSR count). The number of aliphatic carboxylic acids is 1. The number of primary amides is 1. The van der Waals surface area contributed by atoms with Crippen LogP contribution in [0.3, 0.4) is 0 Å². The summed E-state index contributed by atoms with van der Waals surface area (Å²) in [5.74, 6) is -2.35. The molecule has 6 heteroatoms. The second-order valence-corrected chi connectivity index (χ2v) is 5.08. The quantitative estimate of drug-likeness (QED) is 0.868. The monoisotopic (exact) mass is 280 g/mol. The summed E-state index contributed by atoms with van der Waals surface area (Å²) < 4.78 is 13.9. The lowest BCUT2D eigenvalue weighted by atomic mass is 9.97. The first-order chi connectivity index (χ1) is 9.47. The standard InChI is InChI=1S/C14H17FN2O3/c15-12-6-9(13(16)18)3-4-10(12)7-17-5-1-2-11(8-17)14(19)20/h3-4,6,11H,1-2,5,7-8H2,(H2,16,18)(H,19,20). The zero-order valence-corrected chi connectivity index (χ0v) is 11.0. The molecule has 1 unspecified atom stereocenters. The van der Waals surface area contributed by atoms with Crippen molar-refractivity contribution in [2.45, 2.75) is 19.4 Å². The maximum atomic E-state index is 13.9. The van der Waals surface area contributed by atoms with E-state index in [2.05, 4.69) is 0 Å². The summed E-state index contributed by atoms with van der Waals surface area (Å²) in [6.45, 7) is 1.52. The van der Waals surface area contributed by atoms with Gasteiger partial charge < -0.3 is 10.8 Å². The minimum absolute atomic E-state index is 0.133. The number of carbonyl (C=O) groups excluding carboxylic acids is 1. The van der Waals surface area contributed by atoms with Crippen LogP contribution in [0, 0.1) is 11.7 Å². The van der Waals surface area contributed by atoms with Crippen molar-refractivity contribution in [2.24, 2.45) is 11.7 Å². The normalized spacial score (nSPS) is 19.8. The van der Waals surface area contributed by atoms with Gasteiger partial charge in [-0.05, 0) is 31.5 Å². The Morgan fingerprint density at radius 3 is 2.80 bits per heavy atom. The molecule has 1 aliphatic heterocycles. The van der Waals surface area contributed by atoms with E-state index in [1.54, 1.807) is 0 Å². The van der Waals surface area contributed by atoms with E-state index in [0.717, 1.165) is 19.0 Å². The molecule has 0 spiro atoms. The number of halogens is 1. The minimum atomic E-state index is -0.806. The van der Waals surface area contributed by atoms with E-state index >= 15 is 0 Å². The number of carboxylic acid groups (broad SMARTS) is 1. The van der Waals surface area contributed by atoms with Crippen LogP contribution >= 0.6 is 0 Å². The summed E-state index contributed by atoms with van der Waals surface area (Å²) in [4.78, 5) is 23.9.